The molecule has 0 heterocycles. The molecule has 36 heavy (non-hydrogen) atoms. The molecule has 4 aliphatic carbocycles. The van der Waals surface area contributed by atoms with Crippen LogP contribution in [-0.2, 0) is 11.2 Å². The Balaban J connectivity index is 1.31. The maximum atomic E-state index is 13.3. The minimum absolute atomic E-state index is 0.233. The van der Waals surface area contributed by atoms with Crippen LogP contribution >= 0.6 is 15.9 Å². The van der Waals surface area contributed by atoms with E-state index >= 15 is 0 Å². The molecular weight excluding hydrogens is 504 g/mol. The van der Waals surface area contributed by atoms with Crippen molar-refractivity contribution in [3.63, 3.8) is 0 Å². The molecular formula is C34H51BrO. The Kier molecular flexibility index (Phi) is 7.86. The van der Waals surface area contributed by atoms with Gasteiger partial charge < -0.3 is 0 Å². The van der Waals surface area contributed by atoms with E-state index in [2.05, 4.69) is 74.8 Å². The van der Waals surface area contributed by atoms with E-state index in [0.717, 1.165) is 59.2 Å². The third-order valence-corrected chi connectivity index (χ3v) is 12.9. The zero-order chi connectivity index (χ0) is 25.7. The van der Waals surface area contributed by atoms with Gasteiger partial charge >= 0.3 is 0 Å². The van der Waals surface area contributed by atoms with Crippen LogP contribution in [0.4, 0.5) is 0 Å². The summed E-state index contributed by atoms with van der Waals surface area (Å²) in [6.07, 6.45) is 15.6. The van der Waals surface area contributed by atoms with E-state index in [1.54, 1.807) is 0 Å². The number of Topliss-reactive ketones (excluding diaryl/α,β-unsaturated/α-hetero) is 1. The summed E-state index contributed by atoms with van der Waals surface area (Å²) in [6.45, 7) is 12.7. The van der Waals surface area contributed by atoms with Gasteiger partial charge in [-0.05, 0) is 121 Å². The monoisotopic (exact) mass is 554 g/mol. The van der Waals surface area contributed by atoms with Gasteiger partial charge in [-0.3, -0.25) is 4.79 Å². The number of carbonyl (C=O) groups excluding carboxylic acids is 1. The van der Waals surface area contributed by atoms with Crippen molar-refractivity contribution in [2.45, 2.75) is 112 Å². The Hall–Kier alpha value is -0.630. The minimum Gasteiger partial charge on any atom is -0.299 e. The van der Waals surface area contributed by atoms with Crippen LogP contribution in [0.3, 0.4) is 0 Å². The molecule has 0 spiro atoms. The third kappa shape index (κ3) is 4.80. The van der Waals surface area contributed by atoms with Crippen LogP contribution in [-0.4, -0.2) is 5.78 Å². The van der Waals surface area contributed by atoms with Gasteiger partial charge in [0.15, 0.2) is 0 Å². The first kappa shape index (κ1) is 27.0. The van der Waals surface area contributed by atoms with Crippen LogP contribution < -0.4 is 0 Å². The highest BCUT2D eigenvalue weighted by atomic mass is 79.9. The molecule has 4 saturated carbocycles. The normalized spacial score (nSPS) is 41.0. The molecule has 0 amide bonds. The Bertz CT molecular complexity index is 920. The second-order valence-corrected chi connectivity index (χ2v) is 15.4. The number of fused-ring (bicyclic) bond motifs is 5. The van der Waals surface area contributed by atoms with Gasteiger partial charge in [-0.1, -0.05) is 81.9 Å². The van der Waals surface area contributed by atoms with Gasteiger partial charge in [0.2, 0.25) is 0 Å². The number of halogens is 1. The van der Waals surface area contributed by atoms with E-state index in [1.165, 1.54) is 63.4 Å². The van der Waals surface area contributed by atoms with E-state index < -0.39 is 0 Å². The highest BCUT2D eigenvalue weighted by molar-refractivity contribution is 9.10. The molecule has 1 aromatic rings. The topological polar surface area (TPSA) is 17.1 Å². The molecule has 9 atom stereocenters. The van der Waals surface area contributed by atoms with Gasteiger partial charge in [0, 0.05) is 16.8 Å². The number of rotatable bonds is 7. The molecule has 0 aromatic heterocycles. The van der Waals surface area contributed by atoms with Gasteiger partial charge in [0.05, 0.1) is 0 Å². The van der Waals surface area contributed by atoms with E-state index in [-0.39, 0.29) is 5.92 Å². The highest BCUT2D eigenvalue weighted by Crippen LogP contribution is 2.68. The number of hydrogen-bond acceptors (Lipinski definition) is 1. The lowest BCUT2D eigenvalue weighted by Crippen LogP contribution is -2.56. The van der Waals surface area contributed by atoms with Crippen molar-refractivity contribution in [1.29, 1.82) is 0 Å². The average Bonchev–Trinajstić information content (AvgIpc) is 3.19. The molecule has 1 aromatic carbocycles. The minimum atomic E-state index is 0.233. The zero-order valence-corrected chi connectivity index (χ0v) is 25.3. The molecule has 4 fully saturated rings. The fraction of sp³-hybridized carbons (Fsp3) is 0.794. The van der Waals surface area contributed by atoms with Crippen LogP contribution in [0.5, 0.6) is 0 Å². The second-order valence-electron chi connectivity index (χ2n) is 14.5. The molecule has 0 bridgehead atoms. The Morgan fingerprint density at radius 3 is 2.28 bits per heavy atom. The Morgan fingerprint density at radius 1 is 0.861 bits per heavy atom. The quantitative estimate of drug-likeness (QED) is 0.327. The third-order valence-electron chi connectivity index (χ3n) is 12.3. The van der Waals surface area contributed by atoms with Crippen LogP contribution in [0.1, 0.15) is 111 Å². The predicted molar refractivity (Wildman–Crippen MR) is 155 cm³/mol. The number of benzene rings is 1. The van der Waals surface area contributed by atoms with Crippen molar-refractivity contribution in [2.75, 3.05) is 0 Å². The number of ketones is 1. The summed E-state index contributed by atoms with van der Waals surface area (Å²) in [7, 11) is 0. The Morgan fingerprint density at radius 2 is 1.56 bits per heavy atom. The molecule has 0 saturated heterocycles. The Labute approximate surface area is 230 Å². The summed E-state index contributed by atoms with van der Waals surface area (Å²) in [5, 5.41) is 0. The lowest BCUT2D eigenvalue weighted by atomic mass is 9.43. The van der Waals surface area contributed by atoms with Crippen molar-refractivity contribution in [2.24, 2.45) is 58.2 Å². The summed E-state index contributed by atoms with van der Waals surface area (Å²) in [6, 6.07) is 8.73. The fourth-order valence-electron chi connectivity index (χ4n) is 10.5. The lowest BCUT2D eigenvalue weighted by molar-refractivity contribution is -0.152. The van der Waals surface area contributed by atoms with Crippen LogP contribution in [0, 0.1) is 58.2 Å². The first-order valence-corrected chi connectivity index (χ1v) is 16.2. The average molecular weight is 556 g/mol. The van der Waals surface area contributed by atoms with Crippen molar-refractivity contribution in [3.05, 3.63) is 34.3 Å². The van der Waals surface area contributed by atoms with Crippen molar-refractivity contribution in [1.82, 2.24) is 0 Å². The molecule has 0 N–H and O–H groups in total. The second kappa shape index (κ2) is 10.5. The molecule has 5 rings (SSSR count). The summed E-state index contributed by atoms with van der Waals surface area (Å²) in [5.41, 5.74) is 2.26. The largest absolute Gasteiger partial charge is 0.299 e. The van der Waals surface area contributed by atoms with E-state index in [9.17, 15) is 4.79 Å². The van der Waals surface area contributed by atoms with Gasteiger partial charge in [0.25, 0.3) is 0 Å². The smallest absolute Gasteiger partial charge is 0.136 e. The van der Waals surface area contributed by atoms with E-state index in [0.29, 0.717) is 22.5 Å². The predicted octanol–water partition coefficient (Wildman–Crippen LogP) is 9.91. The highest BCUT2D eigenvalue weighted by Gasteiger charge is 2.61. The summed E-state index contributed by atoms with van der Waals surface area (Å²) < 4.78 is 1.13. The molecule has 2 heteroatoms. The van der Waals surface area contributed by atoms with Gasteiger partial charge in [-0.2, -0.15) is 0 Å². The van der Waals surface area contributed by atoms with E-state index in [1.807, 2.05) is 0 Å². The van der Waals surface area contributed by atoms with Crippen LogP contribution in [0.25, 0.3) is 0 Å². The maximum Gasteiger partial charge on any atom is 0.136 e. The van der Waals surface area contributed by atoms with Gasteiger partial charge in [0.1, 0.15) is 5.78 Å². The van der Waals surface area contributed by atoms with Gasteiger partial charge in [-0.25, -0.2) is 0 Å². The van der Waals surface area contributed by atoms with Crippen molar-refractivity contribution >= 4 is 21.7 Å². The standard InChI is InChI=1S/C34H51BrO/c1-22(2)7-6-8-23(3)28-15-16-29-26-13-14-30-27(21-24-9-11-25(35)12-10-24)32(36)18-20-34(30,5)31(26)17-19-33(28,29)4/h9-12,22-23,26-31H,6-8,13-21H2,1-5H3/t23-,26+,27+,28-,29+,30+,31+,33-,34+/m1/s1. The zero-order valence-electron chi connectivity index (χ0n) is 23.7. The first-order chi connectivity index (χ1) is 17.1. The molecule has 1 nitrogen and oxygen atoms in total. The molecule has 200 valence electrons. The van der Waals surface area contributed by atoms with Gasteiger partial charge in [-0.15, -0.1) is 0 Å². The fourth-order valence-corrected chi connectivity index (χ4v) is 10.7. The maximum absolute atomic E-state index is 13.3. The van der Waals surface area contributed by atoms with Crippen LogP contribution in [0.2, 0.25) is 0 Å². The number of hydrogen-bond donors (Lipinski definition) is 0. The van der Waals surface area contributed by atoms with Crippen molar-refractivity contribution in [3.8, 4) is 0 Å². The summed E-state index contributed by atoms with van der Waals surface area (Å²) in [4.78, 5) is 13.3. The molecule has 0 radical (unpaired) electrons. The van der Waals surface area contributed by atoms with Crippen LogP contribution in [0.15, 0.2) is 28.7 Å². The van der Waals surface area contributed by atoms with E-state index in [4.69, 9.17) is 0 Å². The SMILES string of the molecule is CC(C)CCC[C@@H](C)[C@H]1CC[C@H]2[C@@H]3CC[C@H]4[C@H](Cc5ccc(Br)cc5)C(=O)CC[C@]4(C)[C@H]3CC[C@]12C. The lowest BCUT2D eigenvalue weighted by Gasteiger charge is -2.62. The molecule has 4 aliphatic rings. The summed E-state index contributed by atoms with van der Waals surface area (Å²) >= 11 is 3.58. The van der Waals surface area contributed by atoms with Crippen molar-refractivity contribution < 1.29 is 4.79 Å². The summed E-state index contributed by atoms with van der Waals surface area (Å²) in [5.74, 6) is 6.68. The number of carbonyl (C=O) groups is 1. The molecule has 0 unspecified atom stereocenters. The molecule has 0 aliphatic heterocycles. The first-order valence-electron chi connectivity index (χ1n) is 15.4.